The van der Waals surface area contributed by atoms with E-state index in [9.17, 15) is 27.6 Å². The van der Waals surface area contributed by atoms with Crippen molar-refractivity contribution in [3.05, 3.63) is 52.3 Å². The van der Waals surface area contributed by atoms with Crippen molar-refractivity contribution in [1.29, 1.82) is 0 Å². The highest BCUT2D eigenvalue weighted by Crippen LogP contribution is 2.50. The van der Waals surface area contributed by atoms with Gasteiger partial charge in [0.1, 0.15) is 29.7 Å². The molecule has 0 atom stereocenters. The molecule has 0 aliphatic carbocycles. The highest BCUT2D eigenvalue weighted by molar-refractivity contribution is 9.10. The summed E-state index contributed by atoms with van der Waals surface area (Å²) in [6.07, 6.45) is -3.06. The van der Waals surface area contributed by atoms with Crippen LogP contribution in [0.3, 0.4) is 0 Å². The van der Waals surface area contributed by atoms with Crippen molar-refractivity contribution >= 4 is 50.4 Å². The molecule has 176 valence electrons. The summed E-state index contributed by atoms with van der Waals surface area (Å²) >= 11 is 3.45. The minimum absolute atomic E-state index is 0.0477. The van der Waals surface area contributed by atoms with Gasteiger partial charge in [0.2, 0.25) is 11.8 Å². The molecule has 13 heteroatoms. The molecule has 4 heterocycles. The van der Waals surface area contributed by atoms with E-state index in [-0.39, 0.29) is 24.7 Å². The molecule has 1 aromatic carbocycles. The van der Waals surface area contributed by atoms with Crippen LogP contribution in [-0.4, -0.2) is 70.2 Å². The van der Waals surface area contributed by atoms with Gasteiger partial charge in [0, 0.05) is 28.8 Å². The lowest BCUT2D eigenvalue weighted by Crippen LogP contribution is -2.65. The van der Waals surface area contributed by atoms with Crippen LogP contribution in [0.25, 0.3) is 11.0 Å². The molecule has 2 aliphatic heterocycles. The molecule has 1 fully saturated rings. The fourth-order valence-corrected chi connectivity index (χ4v) is 5.13. The third-order valence-corrected chi connectivity index (χ3v) is 6.59. The number of carbonyl (C=O) groups is 3. The molecule has 5 rings (SSSR count). The summed E-state index contributed by atoms with van der Waals surface area (Å²) in [5.74, 6) is -1.74. The fraction of sp³-hybridized carbons (Fsp3) is 0.286. The lowest BCUT2D eigenvalue weighted by Gasteiger charge is -2.46. The number of alkyl halides is 3. The number of anilines is 1. The maximum absolute atomic E-state index is 13.4. The van der Waals surface area contributed by atoms with Crippen LogP contribution in [-0.2, 0) is 15.0 Å². The smallest absolute Gasteiger partial charge is 0.345 e. The Kier molecular flexibility index (Phi) is 5.11. The molecule has 3 amide bonds. The maximum Gasteiger partial charge on any atom is 0.405 e. The summed E-state index contributed by atoms with van der Waals surface area (Å²) in [6.45, 7) is -1.95. The Hall–Kier alpha value is -3.48. The number of nitrogens with zero attached hydrogens (tertiary/aromatic N) is 4. The second-order valence-corrected chi connectivity index (χ2v) is 9.01. The third-order valence-electron chi connectivity index (χ3n) is 5.93. The number of hydrogen-bond acceptors (Lipinski definition) is 5. The van der Waals surface area contributed by atoms with Gasteiger partial charge in [-0.25, -0.2) is 4.98 Å². The van der Waals surface area contributed by atoms with E-state index in [2.05, 4.69) is 31.1 Å². The molecular weight excluding hydrogens is 521 g/mol. The molecule has 0 saturated carbocycles. The van der Waals surface area contributed by atoms with Crippen molar-refractivity contribution in [1.82, 2.24) is 25.4 Å². The molecule has 3 aromatic rings. The normalized spacial score (nSPS) is 16.6. The molecule has 2 aromatic heterocycles. The predicted octanol–water partition coefficient (Wildman–Crippen LogP) is 2.14. The van der Waals surface area contributed by atoms with Gasteiger partial charge in [0.05, 0.1) is 11.7 Å². The number of hydrogen-bond donors (Lipinski definition) is 2. The number of carbonyl (C=O) groups excluding carboxylic acids is 3. The first-order chi connectivity index (χ1) is 16.1. The number of halogens is 4. The number of aromatic amines is 1. The molecule has 0 bridgehead atoms. The lowest BCUT2D eigenvalue weighted by atomic mass is 9.74. The zero-order valence-electron chi connectivity index (χ0n) is 17.3. The van der Waals surface area contributed by atoms with E-state index < -0.39 is 36.5 Å². The van der Waals surface area contributed by atoms with Crippen LogP contribution in [0.1, 0.15) is 16.1 Å². The first kappa shape index (κ1) is 22.3. The van der Waals surface area contributed by atoms with Gasteiger partial charge in [-0.15, -0.1) is 0 Å². The lowest BCUT2D eigenvalue weighted by molar-refractivity contribution is -0.138. The molecule has 2 aliphatic rings. The highest BCUT2D eigenvalue weighted by atomic mass is 79.9. The number of nitrogens with one attached hydrogen (secondary N) is 2. The summed E-state index contributed by atoms with van der Waals surface area (Å²) in [5, 5.41) is 8.42. The fourth-order valence-electron chi connectivity index (χ4n) is 4.40. The molecule has 2 N–H and O–H groups in total. The zero-order valence-corrected chi connectivity index (χ0v) is 18.9. The van der Waals surface area contributed by atoms with Gasteiger partial charge < -0.3 is 15.1 Å². The zero-order chi connectivity index (χ0) is 24.3. The molecule has 1 spiro atoms. The second kappa shape index (κ2) is 7.79. The third kappa shape index (κ3) is 3.59. The van der Waals surface area contributed by atoms with E-state index in [1.165, 1.54) is 16.0 Å². The number of fused-ring (bicyclic) bond motifs is 3. The average Bonchev–Trinajstić information content (AvgIpc) is 3.32. The molecular formula is C21H16BrF3N6O3. The molecule has 0 unspecified atom stereocenters. The van der Waals surface area contributed by atoms with E-state index in [0.717, 1.165) is 0 Å². The minimum Gasteiger partial charge on any atom is -0.345 e. The minimum atomic E-state index is -4.56. The topological polar surface area (TPSA) is 111 Å². The Morgan fingerprint density at radius 2 is 1.97 bits per heavy atom. The van der Waals surface area contributed by atoms with Gasteiger partial charge in [0.15, 0.2) is 0 Å². The summed E-state index contributed by atoms with van der Waals surface area (Å²) in [4.78, 5) is 45.5. The van der Waals surface area contributed by atoms with Crippen molar-refractivity contribution in [3.8, 4) is 0 Å². The Morgan fingerprint density at radius 3 is 2.71 bits per heavy atom. The summed E-state index contributed by atoms with van der Waals surface area (Å²) in [7, 11) is 0. The summed E-state index contributed by atoms with van der Waals surface area (Å²) < 4.78 is 38.0. The molecule has 9 nitrogen and oxygen atoms in total. The number of rotatable bonds is 4. The van der Waals surface area contributed by atoms with Crippen molar-refractivity contribution in [2.75, 3.05) is 31.1 Å². The quantitative estimate of drug-likeness (QED) is 0.530. The van der Waals surface area contributed by atoms with Crippen molar-refractivity contribution in [2.24, 2.45) is 0 Å². The van der Waals surface area contributed by atoms with Gasteiger partial charge in [-0.2, -0.15) is 18.3 Å². The van der Waals surface area contributed by atoms with Crippen LogP contribution < -0.4 is 10.2 Å². The monoisotopic (exact) mass is 536 g/mol. The standard InChI is InChI=1S/C21H16BrF3N6O3/c22-11-2-1-3-15-17(11)20(19(34)31(15)7-16(32)26-8-21(23,24)25)9-30(10-20)18(33)13-5-4-12-14(28-13)6-27-29-12/h1-6H,7-10H2,(H,26,32)(H,27,29). The first-order valence-electron chi connectivity index (χ1n) is 10.1. The average molecular weight is 537 g/mol. The van der Waals surface area contributed by atoms with Crippen molar-refractivity contribution in [2.45, 2.75) is 11.6 Å². The van der Waals surface area contributed by atoms with Gasteiger partial charge in [-0.1, -0.05) is 22.0 Å². The SMILES string of the molecule is O=C(CN1C(=O)C2(CN(C(=O)c3ccc4[nH]ncc4n3)C2)c2c(Br)cccc21)NCC(F)(F)F. The van der Waals surface area contributed by atoms with Crippen molar-refractivity contribution < 1.29 is 27.6 Å². The number of H-pyrrole nitrogens is 1. The number of aromatic nitrogens is 3. The first-order valence-corrected chi connectivity index (χ1v) is 10.9. The van der Waals surface area contributed by atoms with Crippen LogP contribution in [0.4, 0.5) is 18.9 Å². The summed E-state index contributed by atoms with van der Waals surface area (Å²) in [5.41, 5.74) is 1.33. The van der Waals surface area contributed by atoms with E-state index in [1.807, 2.05) is 0 Å². The van der Waals surface area contributed by atoms with Crippen LogP contribution >= 0.6 is 15.9 Å². The Morgan fingerprint density at radius 1 is 1.21 bits per heavy atom. The van der Waals surface area contributed by atoms with Gasteiger partial charge in [-0.3, -0.25) is 19.5 Å². The van der Waals surface area contributed by atoms with Crippen LogP contribution in [0.5, 0.6) is 0 Å². The Bertz CT molecular complexity index is 1330. The molecule has 1 saturated heterocycles. The summed E-state index contributed by atoms with van der Waals surface area (Å²) in [6, 6.07) is 8.28. The van der Waals surface area contributed by atoms with Gasteiger partial charge in [-0.05, 0) is 24.3 Å². The molecule has 34 heavy (non-hydrogen) atoms. The number of pyridine rings is 1. The van der Waals surface area contributed by atoms with Crippen LogP contribution in [0.2, 0.25) is 0 Å². The predicted molar refractivity (Wildman–Crippen MR) is 117 cm³/mol. The Balaban J connectivity index is 1.38. The van der Waals surface area contributed by atoms with Crippen LogP contribution in [0.15, 0.2) is 41.0 Å². The number of likely N-dealkylation sites (tertiary alicyclic amines) is 1. The van der Waals surface area contributed by atoms with Gasteiger partial charge in [0.25, 0.3) is 5.91 Å². The maximum atomic E-state index is 13.4. The number of amides is 3. The second-order valence-electron chi connectivity index (χ2n) is 8.16. The Labute approximate surface area is 198 Å². The van der Waals surface area contributed by atoms with E-state index in [4.69, 9.17) is 0 Å². The van der Waals surface area contributed by atoms with Gasteiger partial charge >= 0.3 is 6.18 Å². The van der Waals surface area contributed by atoms with Crippen LogP contribution in [0, 0.1) is 0 Å². The largest absolute Gasteiger partial charge is 0.405 e. The highest BCUT2D eigenvalue weighted by Gasteiger charge is 2.60. The molecule has 0 radical (unpaired) electrons. The number of benzene rings is 1. The van der Waals surface area contributed by atoms with E-state index in [1.54, 1.807) is 35.6 Å². The van der Waals surface area contributed by atoms with E-state index in [0.29, 0.717) is 26.8 Å². The van der Waals surface area contributed by atoms with Crippen molar-refractivity contribution in [3.63, 3.8) is 0 Å². The van der Waals surface area contributed by atoms with E-state index >= 15 is 0 Å².